The summed E-state index contributed by atoms with van der Waals surface area (Å²) in [5.41, 5.74) is 0.161. The molecule has 1 amide bonds. The molecule has 0 fully saturated rings. The number of nitro benzene ring substituents is 1. The third kappa shape index (κ3) is 3.72. The van der Waals surface area contributed by atoms with Gasteiger partial charge >= 0.3 is 6.09 Å². The highest BCUT2D eigenvalue weighted by atomic mass is 35.5. The molecule has 1 aromatic carbocycles. The average molecular weight is 258 g/mol. The van der Waals surface area contributed by atoms with E-state index in [1.807, 2.05) is 0 Å². The van der Waals surface area contributed by atoms with E-state index in [0.29, 0.717) is 10.6 Å². The zero-order chi connectivity index (χ0) is 13.0. The van der Waals surface area contributed by atoms with Crippen molar-refractivity contribution in [1.82, 2.24) is 5.01 Å². The Balaban J connectivity index is 2.99. The van der Waals surface area contributed by atoms with Gasteiger partial charge in [0, 0.05) is 29.8 Å². The second-order valence-electron chi connectivity index (χ2n) is 3.05. The second-order valence-corrected chi connectivity index (χ2v) is 3.49. The molecule has 0 saturated carbocycles. The molecular weight excluding hydrogens is 250 g/mol. The maximum Gasteiger partial charge on any atom is 0.427 e. The normalized spacial score (nSPS) is 10.5. The van der Waals surface area contributed by atoms with E-state index in [0.717, 1.165) is 0 Å². The van der Waals surface area contributed by atoms with Gasteiger partial charge in [-0.2, -0.15) is 5.10 Å². The third-order valence-electron chi connectivity index (χ3n) is 1.77. The molecule has 0 spiro atoms. The van der Waals surface area contributed by atoms with Crippen LogP contribution < -0.4 is 0 Å². The van der Waals surface area contributed by atoms with E-state index in [2.05, 4.69) is 5.10 Å². The molecule has 7 nitrogen and oxygen atoms in total. The van der Waals surface area contributed by atoms with Gasteiger partial charge in [0.15, 0.2) is 0 Å². The van der Waals surface area contributed by atoms with Gasteiger partial charge in [-0.25, -0.2) is 9.80 Å². The summed E-state index contributed by atoms with van der Waals surface area (Å²) >= 11 is 5.68. The first-order chi connectivity index (χ1) is 7.90. The van der Waals surface area contributed by atoms with Crippen LogP contribution in [0.2, 0.25) is 5.02 Å². The van der Waals surface area contributed by atoms with Crippen LogP contribution in [-0.4, -0.2) is 34.4 Å². The molecule has 0 atom stereocenters. The summed E-state index contributed by atoms with van der Waals surface area (Å²) in [4.78, 5) is 20.4. The summed E-state index contributed by atoms with van der Waals surface area (Å²) in [6, 6.07) is 3.87. The van der Waals surface area contributed by atoms with Crippen molar-refractivity contribution in [3.63, 3.8) is 0 Å². The smallest absolute Gasteiger partial charge is 0.427 e. The van der Waals surface area contributed by atoms with Gasteiger partial charge < -0.3 is 5.11 Å². The topological polar surface area (TPSA) is 96.0 Å². The van der Waals surface area contributed by atoms with Crippen molar-refractivity contribution in [2.24, 2.45) is 5.10 Å². The first kappa shape index (κ1) is 12.9. The number of carbonyl (C=O) groups is 1. The highest BCUT2D eigenvalue weighted by Crippen LogP contribution is 2.19. The molecular formula is C9H8ClN3O4. The van der Waals surface area contributed by atoms with Crippen LogP contribution in [0.1, 0.15) is 5.56 Å². The lowest BCUT2D eigenvalue weighted by atomic mass is 10.2. The van der Waals surface area contributed by atoms with E-state index >= 15 is 0 Å². The van der Waals surface area contributed by atoms with Crippen LogP contribution in [0.25, 0.3) is 0 Å². The number of carboxylic acid groups (broad SMARTS) is 1. The average Bonchev–Trinajstić information content (AvgIpc) is 2.24. The molecule has 0 unspecified atom stereocenters. The number of hydrogen-bond donors (Lipinski definition) is 1. The number of benzene rings is 1. The summed E-state index contributed by atoms with van der Waals surface area (Å²) in [5.74, 6) is 0. The number of nitro groups is 1. The Kier molecular flexibility index (Phi) is 4.00. The van der Waals surface area contributed by atoms with Crippen molar-refractivity contribution >= 4 is 29.6 Å². The molecule has 0 saturated heterocycles. The molecule has 0 aromatic heterocycles. The minimum atomic E-state index is -1.24. The Morgan fingerprint density at radius 1 is 1.59 bits per heavy atom. The maximum absolute atomic E-state index is 10.5. The lowest BCUT2D eigenvalue weighted by molar-refractivity contribution is -0.384. The number of nitrogens with zero attached hydrogens (tertiary/aromatic N) is 3. The molecule has 0 radical (unpaired) electrons. The van der Waals surface area contributed by atoms with E-state index in [4.69, 9.17) is 16.7 Å². The van der Waals surface area contributed by atoms with Crippen LogP contribution in [0, 0.1) is 10.1 Å². The van der Waals surface area contributed by atoms with Crippen molar-refractivity contribution in [2.45, 2.75) is 0 Å². The molecule has 0 aliphatic carbocycles. The Morgan fingerprint density at radius 2 is 2.24 bits per heavy atom. The fraction of sp³-hybridized carbons (Fsp3) is 0.111. The van der Waals surface area contributed by atoms with Crippen molar-refractivity contribution in [3.8, 4) is 0 Å². The molecule has 8 heteroatoms. The predicted octanol–water partition coefficient (Wildman–Crippen LogP) is 2.19. The Bertz CT molecular complexity index is 489. The van der Waals surface area contributed by atoms with Gasteiger partial charge in [0.2, 0.25) is 0 Å². The van der Waals surface area contributed by atoms with Gasteiger partial charge in [-0.3, -0.25) is 10.1 Å². The molecule has 0 aliphatic rings. The van der Waals surface area contributed by atoms with Crippen LogP contribution in [-0.2, 0) is 0 Å². The van der Waals surface area contributed by atoms with Crippen molar-refractivity contribution in [2.75, 3.05) is 7.05 Å². The zero-order valence-corrected chi connectivity index (χ0v) is 9.46. The quantitative estimate of drug-likeness (QED) is 0.510. The number of hydrogen-bond acceptors (Lipinski definition) is 4. The van der Waals surface area contributed by atoms with E-state index in [9.17, 15) is 14.9 Å². The van der Waals surface area contributed by atoms with Gasteiger partial charge in [-0.1, -0.05) is 11.6 Å². The van der Waals surface area contributed by atoms with Crippen molar-refractivity contribution in [1.29, 1.82) is 0 Å². The van der Waals surface area contributed by atoms with E-state index in [1.54, 1.807) is 0 Å². The van der Waals surface area contributed by atoms with Gasteiger partial charge in [0.25, 0.3) is 5.69 Å². The molecule has 1 rings (SSSR count). The fourth-order valence-electron chi connectivity index (χ4n) is 0.979. The Labute approximate surface area is 101 Å². The largest absolute Gasteiger partial charge is 0.464 e. The minimum Gasteiger partial charge on any atom is -0.464 e. The van der Waals surface area contributed by atoms with Crippen LogP contribution in [0.4, 0.5) is 10.5 Å². The molecule has 1 aromatic rings. The van der Waals surface area contributed by atoms with Gasteiger partial charge in [-0.15, -0.1) is 0 Å². The molecule has 1 N–H and O–H groups in total. The highest BCUT2D eigenvalue weighted by Gasteiger charge is 2.08. The number of amides is 1. The Morgan fingerprint density at radius 3 is 2.76 bits per heavy atom. The number of hydrazone groups is 1. The first-order valence-electron chi connectivity index (χ1n) is 4.36. The number of halogens is 1. The van der Waals surface area contributed by atoms with E-state index in [1.165, 1.54) is 31.5 Å². The minimum absolute atomic E-state index is 0.179. The van der Waals surface area contributed by atoms with Gasteiger partial charge in [0.05, 0.1) is 11.1 Å². The van der Waals surface area contributed by atoms with Gasteiger partial charge in [-0.05, 0) is 6.07 Å². The SMILES string of the molecule is CN(N=Cc1cc(Cl)cc([N+](=O)[O-])c1)C(=O)O. The summed E-state index contributed by atoms with van der Waals surface area (Å²) in [7, 11) is 1.23. The summed E-state index contributed by atoms with van der Waals surface area (Å²) < 4.78 is 0. The summed E-state index contributed by atoms with van der Waals surface area (Å²) in [5, 5.41) is 23.5. The van der Waals surface area contributed by atoms with Crippen LogP contribution >= 0.6 is 11.6 Å². The van der Waals surface area contributed by atoms with Crippen molar-refractivity contribution < 1.29 is 14.8 Å². The summed E-state index contributed by atoms with van der Waals surface area (Å²) in [6.07, 6.45) is -0.0646. The van der Waals surface area contributed by atoms with Crippen LogP contribution in [0.15, 0.2) is 23.3 Å². The summed E-state index contributed by atoms with van der Waals surface area (Å²) in [6.45, 7) is 0. The van der Waals surface area contributed by atoms with Crippen LogP contribution in [0.3, 0.4) is 0 Å². The van der Waals surface area contributed by atoms with E-state index < -0.39 is 11.0 Å². The standard InChI is InChI=1S/C9H8ClN3O4/c1-12(9(14)15)11-5-6-2-7(10)4-8(3-6)13(16)17/h2-5H,1H3,(H,14,15). The van der Waals surface area contributed by atoms with Gasteiger partial charge in [0.1, 0.15) is 0 Å². The van der Waals surface area contributed by atoms with Crippen LogP contribution in [0.5, 0.6) is 0 Å². The molecule has 17 heavy (non-hydrogen) atoms. The number of non-ortho nitro benzene ring substituents is 1. The molecule has 0 bridgehead atoms. The molecule has 90 valence electrons. The lowest BCUT2D eigenvalue weighted by Crippen LogP contribution is -2.18. The monoisotopic (exact) mass is 257 g/mol. The maximum atomic E-state index is 10.5. The van der Waals surface area contributed by atoms with Crippen molar-refractivity contribution in [3.05, 3.63) is 38.9 Å². The predicted molar refractivity (Wildman–Crippen MR) is 61.5 cm³/mol. The second kappa shape index (κ2) is 5.26. The zero-order valence-electron chi connectivity index (χ0n) is 8.70. The number of rotatable bonds is 3. The van der Waals surface area contributed by atoms with E-state index in [-0.39, 0.29) is 10.7 Å². The molecule has 0 aliphatic heterocycles. The first-order valence-corrected chi connectivity index (χ1v) is 4.73. The third-order valence-corrected chi connectivity index (χ3v) is 1.99. The lowest BCUT2D eigenvalue weighted by Gasteiger charge is -2.04. The fourth-order valence-corrected chi connectivity index (χ4v) is 1.22. The highest BCUT2D eigenvalue weighted by molar-refractivity contribution is 6.31. The molecule has 0 heterocycles. The Hall–Kier alpha value is -2.15.